The number of rotatable bonds is 7. The number of nitrogens with one attached hydrogen (secondary N) is 2. The third-order valence-electron chi connectivity index (χ3n) is 3.20. The number of aliphatic hydroxyl groups is 1. The minimum absolute atomic E-state index is 0.230. The normalized spacial score (nSPS) is 11.7. The van der Waals surface area contributed by atoms with E-state index >= 15 is 0 Å². The van der Waals surface area contributed by atoms with Crippen LogP contribution in [0.2, 0.25) is 0 Å². The Balaban J connectivity index is 1.90. The quantitative estimate of drug-likeness (QED) is 0.727. The Morgan fingerprint density at radius 3 is 2.32 bits per heavy atom. The zero-order valence-corrected chi connectivity index (χ0v) is 12.5. The van der Waals surface area contributed by atoms with E-state index in [1.54, 1.807) is 7.05 Å². The van der Waals surface area contributed by atoms with Gasteiger partial charge in [0.25, 0.3) is 0 Å². The van der Waals surface area contributed by atoms with Crippen LogP contribution in [-0.4, -0.2) is 30.7 Å². The Kier molecular flexibility index (Phi) is 5.94. The number of para-hydroxylation sites is 1. The first kappa shape index (κ1) is 16.0. The fraction of sp³-hybridized carbons (Fsp3) is 0.235. The molecule has 1 atom stereocenters. The lowest BCUT2D eigenvalue weighted by Crippen LogP contribution is -2.44. The number of ether oxygens (including phenoxy) is 1. The third-order valence-corrected chi connectivity index (χ3v) is 3.20. The lowest BCUT2D eigenvalue weighted by molar-refractivity contribution is -0.123. The molecule has 22 heavy (non-hydrogen) atoms. The van der Waals surface area contributed by atoms with Crippen molar-refractivity contribution in [1.29, 1.82) is 0 Å². The summed E-state index contributed by atoms with van der Waals surface area (Å²) in [4.78, 5) is 11.5. The van der Waals surface area contributed by atoms with E-state index in [4.69, 9.17) is 4.74 Å². The molecule has 0 radical (unpaired) electrons. The van der Waals surface area contributed by atoms with Gasteiger partial charge in [-0.25, -0.2) is 0 Å². The monoisotopic (exact) mass is 300 g/mol. The van der Waals surface area contributed by atoms with Gasteiger partial charge in [0.15, 0.2) is 0 Å². The van der Waals surface area contributed by atoms with Crippen LogP contribution in [0.5, 0.6) is 11.5 Å². The Bertz CT molecular complexity index is 585. The van der Waals surface area contributed by atoms with Gasteiger partial charge in [0.1, 0.15) is 17.5 Å². The molecular weight excluding hydrogens is 280 g/mol. The number of carbonyl (C=O) groups excluding carboxylic acids is 1. The summed E-state index contributed by atoms with van der Waals surface area (Å²) in [5, 5.41) is 14.7. The summed E-state index contributed by atoms with van der Waals surface area (Å²) in [6.07, 6.45) is 0. The molecule has 5 nitrogen and oxygen atoms in total. The van der Waals surface area contributed by atoms with Crippen molar-refractivity contribution < 1.29 is 14.6 Å². The van der Waals surface area contributed by atoms with Crippen molar-refractivity contribution in [3.63, 3.8) is 0 Å². The molecule has 116 valence electrons. The van der Waals surface area contributed by atoms with Crippen molar-refractivity contribution in [3.8, 4) is 11.5 Å². The predicted molar refractivity (Wildman–Crippen MR) is 84.7 cm³/mol. The Morgan fingerprint density at radius 1 is 1.09 bits per heavy atom. The van der Waals surface area contributed by atoms with Crippen molar-refractivity contribution in [2.75, 3.05) is 13.7 Å². The fourth-order valence-electron chi connectivity index (χ4n) is 1.96. The van der Waals surface area contributed by atoms with E-state index in [1.807, 2.05) is 54.6 Å². The summed E-state index contributed by atoms with van der Waals surface area (Å²) in [5.41, 5.74) is 1.00. The second-order valence-electron chi connectivity index (χ2n) is 4.79. The molecule has 0 heterocycles. The summed E-state index contributed by atoms with van der Waals surface area (Å²) in [7, 11) is 1.54. The minimum Gasteiger partial charge on any atom is -0.457 e. The SMILES string of the molecule is CNC(=O)C(CO)NCc1ccc(Oc2ccccc2)cc1. The van der Waals surface area contributed by atoms with Gasteiger partial charge in [0, 0.05) is 13.6 Å². The maximum atomic E-state index is 11.5. The van der Waals surface area contributed by atoms with E-state index in [2.05, 4.69) is 10.6 Å². The number of likely N-dealkylation sites (N-methyl/N-ethyl adjacent to an activating group) is 1. The molecule has 3 N–H and O–H groups in total. The highest BCUT2D eigenvalue weighted by molar-refractivity contribution is 5.81. The molecule has 0 aliphatic carbocycles. The molecule has 0 bridgehead atoms. The topological polar surface area (TPSA) is 70.6 Å². The van der Waals surface area contributed by atoms with Crippen molar-refractivity contribution in [2.45, 2.75) is 12.6 Å². The van der Waals surface area contributed by atoms with Crippen molar-refractivity contribution in [1.82, 2.24) is 10.6 Å². The van der Waals surface area contributed by atoms with E-state index in [0.29, 0.717) is 6.54 Å². The Morgan fingerprint density at radius 2 is 1.73 bits per heavy atom. The summed E-state index contributed by atoms with van der Waals surface area (Å²) >= 11 is 0. The van der Waals surface area contributed by atoms with Gasteiger partial charge in [-0.2, -0.15) is 0 Å². The van der Waals surface area contributed by atoms with Crippen LogP contribution in [-0.2, 0) is 11.3 Å². The van der Waals surface area contributed by atoms with Crippen molar-refractivity contribution >= 4 is 5.91 Å². The highest BCUT2D eigenvalue weighted by Gasteiger charge is 2.14. The molecule has 0 aromatic heterocycles. The first-order chi connectivity index (χ1) is 10.7. The van der Waals surface area contributed by atoms with E-state index in [0.717, 1.165) is 17.1 Å². The number of amides is 1. The number of hydrogen-bond donors (Lipinski definition) is 3. The Labute approximate surface area is 129 Å². The summed E-state index contributed by atoms with van der Waals surface area (Å²) in [6, 6.07) is 16.5. The third kappa shape index (κ3) is 4.58. The number of hydrogen-bond acceptors (Lipinski definition) is 4. The lowest BCUT2D eigenvalue weighted by atomic mass is 10.2. The number of aliphatic hydroxyl groups excluding tert-OH is 1. The summed E-state index contributed by atoms with van der Waals surface area (Å²) < 4.78 is 5.71. The molecule has 1 amide bonds. The van der Waals surface area contributed by atoms with E-state index in [9.17, 15) is 9.90 Å². The molecule has 2 aromatic carbocycles. The second-order valence-corrected chi connectivity index (χ2v) is 4.79. The van der Waals surface area contributed by atoms with Gasteiger partial charge < -0.3 is 15.2 Å². The van der Waals surface area contributed by atoms with E-state index in [1.165, 1.54) is 0 Å². The molecule has 0 spiro atoms. The zero-order valence-electron chi connectivity index (χ0n) is 12.5. The van der Waals surface area contributed by atoms with Crippen LogP contribution < -0.4 is 15.4 Å². The average molecular weight is 300 g/mol. The van der Waals surface area contributed by atoms with Gasteiger partial charge in [0.2, 0.25) is 5.91 Å². The van der Waals surface area contributed by atoms with Crippen LogP contribution in [0, 0.1) is 0 Å². The standard InChI is InChI=1S/C17H20N2O3/c1-18-17(21)16(12-20)19-11-13-7-9-15(10-8-13)22-14-5-3-2-4-6-14/h2-10,16,19-20H,11-12H2,1H3,(H,18,21). The molecule has 0 saturated carbocycles. The molecule has 0 fully saturated rings. The molecular formula is C17H20N2O3. The number of benzene rings is 2. The average Bonchev–Trinajstić information content (AvgIpc) is 2.57. The highest BCUT2D eigenvalue weighted by Crippen LogP contribution is 2.21. The van der Waals surface area contributed by atoms with Gasteiger partial charge in [-0.15, -0.1) is 0 Å². The largest absolute Gasteiger partial charge is 0.457 e. The van der Waals surface area contributed by atoms with Crippen LogP contribution >= 0.6 is 0 Å². The van der Waals surface area contributed by atoms with E-state index < -0.39 is 6.04 Å². The van der Waals surface area contributed by atoms with Crippen LogP contribution in [0.4, 0.5) is 0 Å². The predicted octanol–water partition coefficient (Wildman–Crippen LogP) is 1.68. The van der Waals surface area contributed by atoms with Gasteiger partial charge in [-0.3, -0.25) is 10.1 Å². The van der Waals surface area contributed by atoms with E-state index in [-0.39, 0.29) is 12.5 Å². The van der Waals surface area contributed by atoms with Crippen LogP contribution in [0.1, 0.15) is 5.56 Å². The summed E-state index contributed by atoms with van der Waals surface area (Å²) in [5.74, 6) is 1.31. The number of carbonyl (C=O) groups is 1. The first-order valence-electron chi connectivity index (χ1n) is 7.10. The zero-order chi connectivity index (χ0) is 15.8. The van der Waals surface area contributed by atoms with Crippen LogP contribution in [0.15, 0.2) is 54.6 Å². The van der Waals surface area contributed by atoms with Crippen LogP contribution in [0.3, 0.4) is 0 Å². The van der Waals surface area contributed by atoms with Crippen molar-refractivity contribution in [2.24, 2.45) is 0 Å². The molecule has 0 saturated heterocycles. The molecule has 0 aliphatic rings. The summed E-state index contributed by atoms with van der Waals surface area (Å²) in [6.45, 7) is 0.249. The lowest BCUT2D eigenvalue weighted by Gasteiger charge is -2.14. The maximum absolute atomic E-state index is 11.5. The fourth-order valence-corrected chi connectivity index (χ4v) is 1.96. The Hall–Kier alpha value is -2.37. The molecule has 0 aliphatic heterocycles. The minimum atomic E-state index is -0.606. The van der Waals surface area contributed by atoms with Gasteiger partial charge >= 0.3 is 0 Å². The van der Waals surface area contributed by atoms with Gasteiger partial charge in [0.05, 0.1) is 6.61 Å². The molecule has 1 unspecified atom stereocenters. The second kappa shape index (κ2) is 8.17. The van der Waals surface area contributed by atoms with Crippen molar-refractivity contribution in [3.05, 3.63) is 60.2 Å². The smallest absolute Gasteiger partial charge is 0.239 e. The highest BCUT2D eigenvalue weighted by atomic mass is 16.5. The maximum Gasteiger partial charge on any atom is 0.239 e. The first-order valence-corrected chi connectivity index (χ1v) is 7.10. The molecule has 5 heteroatoms. The van der Waals surface area contributed by atoms with Crippen LogP contribution in [0.25, 0.3) is 0 Å². The van der Waals surface area contributed by atoms with Gasteiger partial charge in [-0.1, -0.05) is 30.3 Å². The molecule has 2 aromatic rings. The van der Waals surface area contributed by atoms with Gasteiger partial charge in [-0.05, 0) is 29.8 Å². The molecule has 2 rings (SSSR count).